The van der Waals surface area contributed by atoms with E-state index < -0.39 is 0 Å². The summed E-state index contributed by atoms with van der Waals surface area (Å²) in [4.78, 5) is 38.0. The molecule has 6 rings (SSSR count). The Morgan fingerprint density at radius 3 is 2.58 bits per heavy atom. The van der Waals surface area contributed by atoms with Crippen molar-refractivity contribution in [2.75, 3.05) is 11.9 Å². The lowest BCUT2D eigenvalue weighted by Gasteiger charge is -2.15. The molecule has 0 saturated heterocycles. The van der Waals surface area contributed by atoms with Crippen molar-refractivity contribution in [3.63, 3.8) is 0 Å². The molecule has 6 nitrogen and oxygen atoms in total. The molecule has 3 aliphatic rings. The third kappa shape index (κ3) is 6.23. The molecule has 0 saturated carbocycles. The summed E-state index contributed by atoms with van der Waals surface area (Å²) in [5.41, 5.74) is 4.00. The predicted molar refractivity (Wildman–Crippen MR) is 153 cm³/mol. The van der Waals surface area contributed by atoms with Gasteiger partial charge in [-0.05, 0) is 58.8 Å². The molecule has 0 spiro atoms. The molecule has 1 N–H and O–H groups in total. The van der Waals surface area contributed by atoms with E-state index in [4.69, 9.17) is 0 Å². The summed E-state index contributed by atoms with van der Waals surface area (Å²) in [5, 5.41) is 6.99. The van der Waals surface area contributed by atoms with Gasteiger partial charge in [0, 0.05) is 58.5 Å². The largest absolute Gasteiger partial charge is 0.466 e. The zero-order valence-corrected chi connectivity index (χ0v) is 22.7. The van der Waals surface area contributed by atoms with Crippen LogP contribution in [0.25, 0.3) is 12.2 Å². The van der Waals surface area contributed by atoms with Crippen LogP contribution in [0.1, 0.15) is 41.8 Å². The Morgan fingerprint density at radius 1 is 1.00 bits per heavy atom. The number of para-hydroxylation sites is 1. The highest BCUT2D eigenvalue weighted by Crippen LogP contribution is 2.18. The first kappa shape index (κ1) is 26.9. The number of anilines is 1. The van der Waals surface area contributed by atoms with Crippen molar-refractivity contribution in [2.45, 2.75) is 26.7 Å². The van der Waals surface area contributed by atoms with Gasteiger partial charge >= 0.3 is 5.97 Å². The maximum atomic E-state index is 12.6. The molecule has 2 aliphatic carbocycles. The molecule has 0 fully saturated rings. The lowest BCUT2D eigenvalue weighted by atomic mass is 9.88. The van der Waals surface area contributed by atoms with Crippen molar-refractivity contribution in [3.8, 4) is 0 Å². The van der Waals surface area contributed by atoms with E-state index in [1.165, 1.54) is 6.92 Å². The van der Waals surface area contributed by atoms with Gasteiger partial charge in [0.05, 0.1) is 6.61 Å². The quantitative estimate of drug-likeness (QED) is 0.433. The second-order valence-corrected chi connectivity index (χ2v) is 9.48. The van der Waals surface area contributed by atoms with Crippen LogP contribution in [-0.2, 0) is 20.7 Å². The molecule has 1 heterocycles. The minimum Gasteiger partial charge on any atom is -0.466 e. The maximum Gasteiger partial charge on any atom is 0.302 e. The summed E-state index contributed by atoms with van der Waals surface area (Å²) in [5.74, 6) is -0.0423. The first-order valence-corrected chi connectivity index (χ1v) is 13.1. The lowest BCUT2D eigenvalue weighted by molar-refractivity contribution is -0.140. The number of carbonyl (C=O) groups excluding carboxylic acids is 3. The fourth-order valence-electron chi connectivity index (χ4n) is 4.43. The number of aliphatic imine (C=N–C) groups is 1. The SMILES string of the molecule is C1=CNc2ccccc2C=N1.CCOC(C)=O.O=C1C=c2ccc3c(c2CC1)C(=O)C=c1c(Br)cccc1=3. The molecule has 3 aromatic rings. The van der Waals surface area contributed by atoms with Crippen molar-refractivity contribution in [2.24, 2.45) is 4.99 Å². The number of nitrogens with one attached hydrogen (secondary N) is 1. The Bertz CT molecular complexity index is 1690. The summed E-state index contributed by atoms with van der Waals surface area (Å²) in [6.45, 7) is 3.65. The second kappa shape index (κ2) is 12.4. The molecule has 0 atom stereocenters. The average molecular weight is 571 g/mol. The summed E-state index contributed by atoms with van der Waals surface area (Å²) in [7, 11) is 0. The van der Waals surface area contributed by atoms with Crippen molar-refractivity contribution < 1.29 is 19.1 Å². The number of rotatable bonds is 1. The van der Waals surface area contributed by atoms with E-state index in [0.29, 0.717) is 19.4 Å². The molecule has 0 unspecified atom stereocenters. The van der Waals surface area contributed by atoms with Crippen molar-refractivity contribution >= 4 is 57.5 Å². The van der Waals surface area contributed by atoms with Crippen molar-refractivity contribution in [1.82, 2.24) is 0 Å². The van der Waals surface area contributed by atoms with Gasteiger partial charge in [-0.1, -0.05) is 58.4 Å². The molecule has 0 aromatic heterocycles. The number of carbonyl (C=O) groups is 3. The van der Waals surface area contributed by atoms with Crippen LogP contribution >= 0.6 is 15.9 Å². The van der Waals surface area contributed by atoms with Crippen LogP contribution in [-0.4, -0.2) is 30.4 Å². The van der Waals surface area contributed by atoms with Crippen LogP contribution in [0.2, 0.25) is 0 Å². The first-order chi connectivity index (χ1) is 18.4. The molecule has 0 amide bonds. The van der Waals surface area contributed by atoms with Gasteiger partial charge in [0.25, 0.3) is 0 Å². The van der Waals surface area contributed by atoms with E-state index in [-0.39, 0.29) is 17.5 Å². The number of benzene rings is 3. The number of Topliss-reactive ketones (excluding diaryl/α,β-unsaturated/α-hetero) is 2. The predicted octanol–water partition coefficient (Wildman–Crippen LogP) is 4.58. The van der Waals surface area contributed by atoms with Crippen LogP contribution in [0.15, 0.2) is 76.5 Å². The zero-order valence-electron chi connectivity index (χ0n) is 21.2. The number of halogens is 1. The molecule has 38 heavy (non-hydrogen) atoms. The topological polar surface area (TPSA) is 84.8 Å². The Labute approximate surface area is 228 Å². The van der Waals surface area contributed by atoms with Gasteiger partial charge in [-0.25, -0.2) is 0 Å². The standard InChI is InChI=1S/C18H11BrO2.C9H8N2.C4H8O2/c19-16-3-1-2-13-14-6-4-10-8-11(20)5-7-12(10)18(14)17(21)9-15(13)16;1-2-4-9-8(3-1)7-10-5-6-11-9;1-3-6-4(2)5/h1-4,6,8-9H,5,7H2;1-7,11H;3H2,1-2H3. The average Bonchev–Trinajstić information content (AvgIpc) is 3.15. The van der Waals surface area contributed by atoms with Gasteiger partial charge in [0.15, 0.2) is 11.6 Å². The van der Waals surface area contributed by atoms with Gasteiger partial charge in [-0.2, -0.15) is 0 Å². The number of ether oxygens (including phenoxy) is 1. The first-order valence-electron chi connectivity index (χ1n) is 12.3. The monoisotopic (exact) mass is 570 g/mol. The summed E-state index contributed by atoms with van der Waals surface area (Å²) in [6, 6.07) is 17.9. The fourth-order valence-corrected chi connectivity index (χ4v) is 4.91. The molecule has 0 bridgehead atoms. The Balaban J connectivity index is 0.000000165. The molecule has 1 aliphatic heterocycles. The van der Waals surface area contributed by atoms with Crippen LogP contribution < -0.4 is 15.8 Å². The van der Waals surface area contributed by atoms with E-state index in [2.05, 4.69) is 31.0 Å². The van der Waals surface area contributed by atoms with E-state index in [1.54, 1.807) is 25.3 Å². The van der Waals surface area contributed by atoms with Crippen LogP contribution in [0.3, 0.4) is 0 Å². The molecule has 3 aromatic carbocycles. The van der Waals surface area contributed by atoms with Crippen LogP contribution in [0, 0.1) is 10.4 Å². The van der Waals surface area contributed by atoms with Crippen molar-refractivity contribution in [1.29, 1.82) is 0 Å². The third-order valence-electron chi connectivity index (χ3n) is 6.07. The van der Waals surface area contributed by atoms with Crippen LogP contribution in [0.5, 0.6) is 0 Å². The molecular weight excluding hydrogens is 544 g/mol. The molecule has 7 heteroatoms. The Morgan fingerprint density at radius 2 is 1.82 bits per heavy atom. The highest BCUT2D eigenvalue weighted by Gasteiger charge is 2.19. The highest BCUT2D eigenvalue weighted by molar-refractivity contribution is 9.10. The van der Waals surface area contributed by atoms with E-state index in [9.17, 15) is 14.4 Å². The number of hydrogen-bond donors (Lipinski definition) is 1. The number of esters is 1. The number of hydrogen-bond acceptors (Lipinski definition) is 6. The van der Waals surface area contributed by atoms with Gasteiger partial charge in [-0.15, -0.1) is 0 Å². The third-order valence-corrected chi connectivity index (χ3v) is 6.76. The maximum absolute atomic E-state index is 12.6. The summed E-state index contributed by atoms with van der Waals surface area (Å²) < 4.78 is 5.33. The van der Waals surface area contributed by atoms with Crippen molar-refractivity contribution in [3.05, 3.63) is 109 Å². The number of fused-ring (bicyclic) bond motifs is 5. The molecule has 0 radical (unpaired) electrons. The Kier molecular flexibility index (Phi) is 8.81. The molecule has 192 valence electrons. The Hall–Kier alpha value is -4.10. The normalized spacial score (nSPS) is 13.7. The van der Waals surface area contributed by atoms with Crippen LogP contribution in [0.4, 0.5) is 5.69 Å². The fraction of sp³-hybridized carbons (Fsp3) is 0.161. The second-order valence-electron chi connectivity index (χ2n) is 8.63. The van der Waals surface area contributed by atoms with Gasteiger partial charge in [0.2, 0.25) is 0 Å². The van der Waals surface area contributed by atoms with Gasteiger partial charge in [0.1, 0.15) is 0 Å². The smallest absolute Gasteiger partial charge is 0.302 e. The minimum atomic E-state index is -0.211. The highest BCUT2D eigenvalue weighted by atomic mass is 79.9. The summed E-state index contributed by atoms with van der Waals surface area (Å²) >= 11 is 3.51. The van der Waals surface area contributed by atoms with E-state index in [1.807, 2.05) is 67.0 Å². The van der Waals surface area contributed by atoms with Gasteiger partial charge < -0.3 is 10.1 Å². The lowest BCUT2D eigenvalue weighted by Crippen LogP contribution is -2.25. The summed E-state index contributed by atoms with van der Waals surface area (Å²) in [6.07, 6.45) is 9.88. The van der Waals surface area contributed by atoms with Gasteiger partial charge in [-0.3, -0.25) is 19.4 Å². The number of nitrogens with zero attached hydrogens (tertiary/aromatic N) is 1. The molecular formula is C31H27BrN2O4. The van der Waals surface area contributed by atoms with E-state index in [0.717, 1.165) is 47.7 Å². The zero-order chi connectivity index (χ0) is 27.1. The minimum absolute atomic E-state index is 0.0315. The van der Waals surface area contributed by atoms with E-state index >= 15 is 0 Å². The number of ketones is 2.